The second-order valence-electron chi connectivity index (χ2n) is 4.88. The van der Waals surface area contributed by atoms with Crippen LogP contribution in [-0.4, -0.2) is 39.7 Å². The minimum absolute atomic E-state index is 0.0258. The summed E-state index contributed by atoms with van der Waals surface area (Å²) in [4.78, 5) is 4.00. The first-order valence-corrected chi connectivity index (χ1v) is 8.31. The molecule has 2 rings (SSSR count). The van der Waals surface area contributed by atoms with Crippen LogP contribution in [0.5, 0.6) is 0 Å². The normalized spacial score (nSPS) is 19.9. The molecule has 2 N–H and O–H groups in total. The third-order valence-electron chi connectivity index (χ3n) is 3.23. The molecule has 1 aliphatic rings. The molecule has 112 valence electrons. The lowest BCUT2D eigenvalue weighted by atomic mass is 10.1. The van der Waals surface area contributed by atoms with Crippen LogP contribution >= 0.6 is 0 Å². The maximum absolute atomic E-state index is 12.1. The lowest BCUT2D eigenvalue weighted by Gasteiger charge is -2.22. The van der Waals surface area contributed by atoms with Crippen molar-refractivity contribution in [2.24, 2.45) is 0 Å². The van der Waals surface area contributed by atoms with E-state index in [1.54, 1.807) is 12.3 Å². The minimum atomic E-state index is -3.55. The van der Waals surface area contributed by atoms with Gasteiger partial charge >= 0.3 is 0 Å². The minimum Gasteiger partial charge on any atom is -0.377 e. The molecule has 1 atom stereocenters. The zero-order valence-corrected chi connectivity index (χ0v) is 12.4. The summed E-state index contributed by atoms with van der Waals surface area (Å²) >= 11 is 0. The third-order valence-corrected chi connectivity index (χ3v) is 4.57. The summed E-state index contributed by atoms with van der Waals surface area (Å²) in [5.74, 6) is 0. The molecule has 0 radical (unpaired) electrons. The van der Waals surface area contributed by atoms with Crippen molar-refractivity contribution in [2.75, 3.05) is 20.2 Å². The van der Waals surface area contributed by atoms with E-state index < -0.39 is 10.0 Å². The molecular weight excluding hydrogens is 278 g/mol. The van der Waals surface area contributed by atoms with Crippen LogP contribution in [0.1, 0.15) is 24.8 Å². The molecule has 1 saturated heterocycles. The molecule has 0 amide bonds. The quantitative estimate of drug-likeness (QED) is 0.806. The molecule has 20 heavy (non-hydrogen) atoms. The van der Waals surface area contributed by atoms with Gasteiger partial charge in [0.1, 0.15) is 0 Å². The second-order valence-corrected chi connectivity index (χ2v) is 6.59. The first-order chi connectivity index (χ1) is 9.62. The number of pyridine rings is 1. The fourth-order valence-electron chi connectivity index (χ4n) is 2.12. The van der Waals surface area contributed by atoms with Crippen LogP contribution in [0.2, 0.25) is 0 Å². The number of nitrogens with one attached hydrogen (secondary N) is 2. The van der Waals surface area contributed by atoms with E-state index in [0.29, 0.717) is 19.7 Å². The monoisotopic (exact) mass is 299 g/mol. The summed E-state index contributed by atoms with van der Waals surface area (Å²) in [6.07, 6.45) is 4.59. The van der Waals surface area contributed by atoms with Gasteiger partial charge in [0.2, 0.25) is 0 Å². The highest BCUT2D eigenvalue weighted by Crippen LogP contribution is 2.13. The fraction of sp³-hybridized carbons (Fsp3) is 0.615. The Morgan fingerprint density at radius 2 is 2.25 bits per heavy atom. The Morgan fingerprint density at radius 1 is 1.40 bits per heavy atom. The van der Waals surface area contributed by atoms with Gasteiger partial charge in [-0.15, -0.1) is 0 Å². The molecule has 1 aromatic rings. The van der Waals surface area contributed by atoms with Crippen LogP contribution in [0.4, 0.5) is 0 Å². The van der Waals surface area contributed by atoms with Gasteiger partial charge in [-0.25, -0.2) is 18.1 Å². The number of sulfonamides is 1. The predicted octanol–water partition coefficient (Wildman–Crippen LogP) is 0.648. The third kappa shape index (κ3) is 4.24. The highest BCUT2D eigenvalue weighted by Gasteiger charge is 2.20. The van der Waals surface area contributed by atoms with E-state index in [1.807, 2.05) is 7.05 Å². The smallest absolute Gasteiger partial charge is 0.258 e. The van der Waals surface area contributed by atoms with Crippen molar-refractivity contribution in [1.29, 1.82) is 0 Å². The number of rotatable bonds is 6. The van der Waals surface area contributed by atoms with E-state index in [0.717, 1.165) is 24.8 Å². The van der Waals surface area contributed by atoms with E-state index >= 15 is 0 Å². The molecule has 1 unspecified atom stereocenters. The van der Waals surface area contributed by atoms with Gasteiger partial charge in [-0.2, -0.15) is 0 Å². The number of hydrogen-bond acceptors (Lipinski definition) is 5. The number of ether oxygens (including phenoxy) is 1. The standard InChI is InChI=1S/C13H21N3O3S/c1-14-8-11-5-6-13(15-9-11)20(17,18)16-10-12-4-2-3-7-19-12/h5-6,9,12,14,16H,2-4,7-8,10H2,1H3. The fourth-order valence-corrected chi connectivity index (χ4v) is 3.12. The molecule has 0 aromatic carbocycles. The first kappa shape index (κ1) is 15.4. The summed E-state index contributed by atoms with van der Waals surface area (Å²) < 4.78 is 32.3. The van der Waals surface area contributed by atoms with Gasteiger partial charge in [-0.3, -0.25) is 0 Å². The van der Waals surface area contributed by atoms with Crippen molar-refractivity contribution in [1.82, 2.24) is 15.0 Å². The van der Waals surface area contributed by atoms with Gasteiger partial charge in [-0.1, -0.05) is 6.07 Å². The largest absolute Gasteiger partial charge is 0.377 e. The summed E-state index contributed by atoms with van der Waals surface area (Å²) in [6, 6.07) is 3.28. The van der Waals surface area contributed by atoms with Crippen molar-refractivity contribution in [3.8, 4) is 0 Å². The Morgan fingerprint density at radius 3 is 2.85 bits per heavy atom. The Kier molecular flexibility index (Phi) is 5.47. The van der Waals surface area contributed by atoms with Crippen molar-refractivity contribution < 1.29 is 13.2 Å². The Balaban J connectivity index is 1.94. The molecule has 7 heteroatoms. The number of hydrogen-bond donors (Lipinski definition) is 2. The van der Waals surface area contributed by atoms with Crippen molar-refractivity contribution in [3.63, 3.8) is 0 Å². The lowest BCUT2D eigenvalue weighted by Crippen LogP contribution is -2.35. The first-order valence-electron chi connectivity index (χ1n) is 6.82. The second kappa shape index (κ2) is 7.12. The van der Waals surface area contributed by atoms with E-state index in [9.17, 15) is 8.42 Å². The van der Waals surface area contributed by atoms with Crippen molar-refractivity contribution in [3.05, 3.63) is 23.9 Å². The van der Waals surface area contributed by atoms with E-state index in [4.69, 9.17) is 4.74 Å². The van der Waals surface area contributed by atoms with E-state index in [1.165, 1.54) is 6.07 Å². The topological polar surface area (TPSA) is 80.3 Å². The average molecular weight is 299 g/mol. The van der Waals surface area contributed by atoms with Gasteiger partial charge in [0.25, 0.3) is 10.0 Å². The van der Waals surface area contributed by atoms with Gasteiger partial charge in [0, 0.05) is 25.9 Å². The van der Waals surface area contributed by atoms with Gasteiger partial charge in [0.05, 0.1) is 6.10 Å². The maximum atomic E-state index is 12.1. The number of aromatic nitrogens is 1. The van der Waals surface area contributed by atoms with Crippen LogP contribution in [0.15, 0.2) is 23.4 Å². The Labute approximate surface area is 120 Å². The summed E-state index contributed by atoms with van der Waals surface area (Å²) in [5.41, 5.74) is 0.946. The zero-order chi connectivity index (χ0) is 14.4. The summed E-state index contributed by atoms with van der Waals surface area (Å²) in [6.45, 7) is 1.68. The molecule has 1 fully saturated rings. The van der Waals surface area contributed by atoms with Crippen LogP contribution < -0.4 is 10.0 Å². The van der Waals surface area contributed by atoms with E-state index in [2.05, 4.69) is 15.0 Å². The lowest BCUT2D eigenvalue weighted by molar-refractivity contribution is 0.0200. The zero-order valence-electron chi connectivity index (χ0n) is 11.6. The van der Waals surface area contributed by atoms with Crippen molar-refractivity contribution in [2.45, 2.75) is 36.9 Å². The van der Waals surface area contributed by atoms with Gasteiger partial charge in [0.15, 0.2) is 5.03 Å². The molecule has 2 heterocycles. The molecule has 0 bridgehead atoms. The SMILES string of the molecule is CNCc1ccc(S(=O)(=O)NCC2CCCCO2)nc1. The van der Waals surface area contributed by atoms with Crippen molar-refractivity contribution >= 4 is 10.0 Å². The van der Waals surface area contributed by atoms with Gasteiger partial charge < -0.3 is 10.1 Å². The van der Waals surface area contributed by atoms with E-state index in [-0.39, 0.29) is 11.1 Å². The molecule has 0 saturated carbocycles. The molecule has 0 aliphatic carbocycles. The van der Waals surface area contributed by atoms with Crippen LogP contribution in [0, 0.1) is 0 Å². The maximum Gasteiger partial charge on any atom is 0.258 e. The highest BCUT2D eigenvalue weighted by molar-refractivity contribution is 7.89. The molecule has 1 aliphatic heterocycles. The van der Waals surface area contributed by atoms with Crippen LogP contribution in [-0.2, 0) is 21.3 Å². The summed E-state index contributed by atoms with van der Waals surface area (Å²) in [7, 11) is -1.72. The predicted molar refractivity (Wildman–Crippen MR) is 75.8 cm³/mol. The molecule has 1 aromatic heterocycles. The molecular formula is C13H21N3O3S. The summed E-state index contributed by atoms with van der Waals surface area (Å²) in [5, 5.41) is 3.04. The van der Waals surface area contributed by atoms with Crippen LogP contribution in [0.3, 0.4) is 0 Å². The molecule has 6 nitrogen and oxygen atoms in total. The highest BCUT2D eigenvalue weighted by atomic mass is 32.2. The van der Waals surface area contributed by atoms with Crippen LogP contribution in [0.25, 0.3) is 0 Å². The Hall–Kier alpha value is -1.02. The Bertz CT molecular complexity index is 510. The van der Waals surface area contributed by atoms with Gasteiger partial charge in [-0.05, 0) is 37.9 Å². The molecule has 0 spiro atoms. The average Bonchev–Trinajstić information content (AvgIpc) is 2.47. The number of nitrogens with zero attached hydrogens (tertiary/aromatic N) is 1.